The van der Waals surface area contributed by atoms with Gasteiger partial charge >= 0.3 is 5.97 Å². The van der Waals surface area contributed by atoms with Gasteiger partial charge in [0.25, 0.3) is 0 Å². The lowest BCUT2D eigenvalue weighted by atomic mass is 10.1. The molecule has 1 atom stereocenters. The molecule has 0 saturated carbocycles. The van der Waals surface area contributed by atoms with Crippen LogP contribution in [0.15, 0.2) is 0 Å². The Kier molecular flexibility index (Phi) is 4.29. The highest BCUT2D eigenvalue weighted by Gasteiger charge is 2.30. The molecule has 2 nitrogen and oxygen atoms in total. The third-order valence-electron chi connectivity index (χ3n) is 1.22. The van der Waals surface area contributed by atoms with Crippen LogP contribution < -0.4 is 0 Å². The third kappa shape index (κ3) is 2.88. The Morgan fingerprint density at radius 2 is 2.30 bits per heavy atom. The van der Waals surface area contributed by atoms with Gasteiger partial charge in [-0.2, -0.15) is 0 Å². The van der Waals surface area contributed by atoms with Crippen molar-refractivity contribution in [1.29, 1.82) is 0 Å². The van der Waals surface area contributed by atoms with Gasteiger partial charge in [-0.05, 0) is 13.3 Å². The largest absolute Gasteiger partial charge is 0.346 e. The van der Waals surface area contributed by atoms with Gasteiger partial charge in [-0.1, -0.05) is 29.3 Å². The predicted octanol–water partition coefficient (Wildman–Crippen LogP) is 2.64. The van der Waals surface area contributed by atoms with E-state index in [9.17, 15) is 4.79 Å². The standard InChI is InChI=1S/C6H10BrClO2/c1-3-4-6(2,7)5(9)10-8/h3-4H2,1-2H3. The number of hydrogen-bond donors (Lipinski definition) is 0. The minimum absolute atomic E-state index is 0.434. The topological polar surface area (TPSA) is 26.3 Å². The first-order valence-corrected chi connectivity index (χ1v) is 4.16. The van der Waals surface area contributed by atoms with Crippen molar-refractivity contribution in [2.24, 2.45) is 0 Å². The van der Waals surface area contributed by atoms with Gasteiger partial charge in [-0.3, -0.25) is 0 Å². The summed E-state index contributed by atoms with van der Waals surface area (Å²) in [4.78, 5) is 10.8. The van der Waals surface area contributed by atoms with Crippen LogP contribution in [0.4, 0.5) is 0 Å². The molecule has 0 aromatic heterocycles. The molecule has 0 aliphatic rings. The second-order valence-corrected chi connectivity index (χ2v) is 4.22. The minimum Gasteiger partial charge on any atom is -0.346 e. The number of carbonyl (C=O) groups excluding carboxylic acids is 1. The second-order valence-electron chi connectivity index (χ2n) is 2.31. The molecular formula is C6H10BrClO2. The van der Waals surface area contributed by atoms with E-state index in [0.29, 0.717) is 0 Å². The lowest BCUT2D eigenvalue weighted by Gasteiger charge is -2.15. The van der Waals surface area contributed by atoms with Crippen molar-refractivity contribution in [1.82, 2.24) is 0 Å². The van der Waals surface area contributed by atoms with Crippen LogP contribution in [0.1, 0.15) is 26.7 Å². The van der Waals surface area contributed by atoms with E-state index in [-0.39, 0.29) is 0 Å². The van der Waals surface area contributed by atoms with Gasteiger partial charge < -0.3 is 4.29 Å². The van der Waals surface area contributed by atoms with Gasteiger partial charge in [-0.15, -0.1) is 0 Å². The van der Waals surface area contributed by atoms with Crippen LogP contribution in [0.3, 0.4) is 0 Å². The van der Waals surface area contributed by atoms with Crippen molar-refractivity contribution >= 4 is 33.8 Å². The van der Waals surface area contributed by atoms with Gasteiger partial charge in [0.05, 0.1) is 0 Å². The van der Waals surface area contributed by atoms with E-state index in [4.69, 9.17) is 11.9 Å². The second kappa shape index (κ2) is 4.19. The SMILES string of the molecule is CCCC(C)(Br)C(=O)OCl. The molecule has 1 unspecified atom stereocenters. The van der Waals surface area contributed by atoms with Gasteiger partial charge in [0.2, 0.25) is 0 Å². The number of rotatable bonds is 3. The summed E-state index contributed by atoms with van der Waals surface area (Å²) in [6, 6.07) is 0. The normalized spacial score (nSPS) is 16.0. The van der Waals surface area contributed by atoms with E-state index in [1.54, 1.807) is 6.92 Å². The molecule has 0 radical (unpaired) electrons. The molecule has 10 heavy (non-hydrogen) atoms. The summed E-state index contributed by atoms with van der Waals surface area (Å²) < 4.78 is 3.43. The number of halogens is 2. The van der Waals surface area contributed by atoms with Crippen molar-refractivity contribution in [3.8, 4) is 0 Å². The van der Waals surface area contributed by atoms with Crippen LogP contribution in [0, 0.1) is 0 Å². The molecule has 0 bridgehead atoms. The first kappa shape index (κ1) is 10.2. The average Bonchev–Trinajstić information content (AvgIpc) is 1.86. The van der Waals surface area contributed by atoms with Crippen LogP contribution in [0.25, 0.3) is 0 Å². The Morgan fingerprint density at radius 1 is 1.80 bits per heavy atom. The summed E-state index contributed by atoms with van der Waals surface area (Å²) in [5.41, 5.74) is 0. The zero-order chi connectivity index (χ0) is 8.20. The fourth-order valence-electron chi connectivity index (χ4n) is 0.652. The van der Waals surface area contributed by atoms with Crippen molar-refractivity contribution < 1.29 is 9.08 Å². The van der Waals surface area contributed by atoms with Crippen LogP contribution in [0.5, 0.6) is 0 Å². The quantitative estimate of drug-likeness (QED) is 0.696. The maximum atomic E-state index is 10.8. The Balaban J connectivity index is 3.96. The molecule has 0 aromatic carbocycles. The highest BCUT2D eigenvalue weighted by molar-refractivity contribution is 9.10. The Morgan fingerprint density at radius 3 is 2.60 bits per heavy atom. The summed E-state index contributed by atoms with van der Waals surface area (Å²) in [7, 11) is 0. The molecule has 0 spiro atoms. The van der Waals surface area contributed by atoms with Crippen LogP contribution in [0.2, 0.25) is 0 Å². The maximum absolute atomic E-state index is 10.8. The smallest absolute Gasteiger partial charge is 0.340 e. The number of carbonyl (C=O) groups is 1. The van der Waals surface area contributed by atoms with Gasteiger partial charge in [-0.25, -0.2) is 4.79 Å². The van der Waals surface area contributed by atoms with E-state index in [0.717, 1.165) is 12.8 Å². The van der Waals surface area contributed by atoms with Crippen molar-refractivity contribution in [2.75, 3.05) is 0 Å². The minimum atomic E-state index is -0.622. The Hall–Kier alpha value is 0.240. The van der Waals surface area contributed by atoms with Crippen LogP contribution >= 0.6 is 27.8 Å². The maximum Gasteiger partial charge on any atom is 0.340 e. The Labute approximate surface area is 74.2 Å². The first-order chi connectivity index (χ1) is 4.54. The molecular weight excluding hydrogens is 219 g/mol. The first-order valence-electron chi connectivity index (χ1n) is 3.06. The molecule has 4 heteroatoms. The molecule has 0 aliphatic heterocycles. The molecule has 0 aliphatic carbocycles. The molecule has 0 fully saturated rings. The average molecular weight is 230 g/mol. The fraction of sp³-hybridized carbons (Fsp3) is 0.833. The van der Waals surface area contributed by atoms with E-state index >= 15 is 0 Å². The van der Waals surface area contributed by atoms with E-state index in [2.05, 4.69) is 20.2 Å². The van der Waals surface area contributed by atoms with E-state index < -0.39 is 10.3 Å². The molecule has 0 rings (SSSR count). The number of alkyl halides is 1. The zero-order valence-corrected chi connectivity index (χ0v) is 8.33. The van der Waals surface area contributed by atoms with Gasteiger partial charge in [0, 0.05) is 0 Å². The van der Waals surface area contributed by atoms with Crippen LogP contribution in [-0.2, 0) is 9.08 Å². The van der Waals surface area contributed by atoms with Gasteiger partial charge in [0.1, 0.15) is 16.2 Å². The highest BCUT2D eigenvalue weighted by Crippen LogP contribution is 2.25. The molecule has 0 aromatic rings. The summed E-state index contributed by atoms with van der Waals surface area (Å²) >= 11 is 8.10. The van der Waals surface area contributed by atoms with E-state index in [1.807, 2.05) is 6.92 Å². The summed E-state index contributed by atoms with van der Waals surface area (Å²) in [5.74, 6) is -0.434. The van der Waals surface area contributed by atoms with Crippen molar-refractivity contribution in [2.45, 2.75) is 31.0 Å². The Bertz CT molecular complexity index is 125. The summed E-state index contributed by atoms with van der Waals surface area (Å²) in [6.07, 6.45) is 1.63. The van der Waals surface area contributed by atoms with Crippen molar-refractivity contribution in [3.63, 3.8) is 0 Å². The third-order valence-corrected chi connectivity index (χ3v) is 2.08. The molecule has 0 saturated heterocycles. The predicted molar refractivity (Wildman–Crippen MR) is 44.2 cm³/mol. The zero-order valence-electron chi connectivity index (χ0n) is 5.99. The number of hydrogen-bond acceptors (Lipinski definition) is 2. The summed E-state index contributed by atoms with van der Waals surface area (Å²) in [6.45, 7) is 3.72. The van der Waals surface area contributed by atoms with Gasteiger partial charge in [0.15, 0.2) is 0 Å². The molecule has 0 amide bonds. The van der Waals surface area contributed by atoms with Crippen LogP contribution in [-0.4, -0.2) is 10.3 Å². The molecule has 0 heterocycles. The summed E-state index contributed by atoms with van der Waals surface area (Å²) in [5, 5.41) is 0. The fourth-order valence-corrected chi connectivity index (χ4v) is 1.39. The lowest BCUT2D eigenvalue weighted by Crippen LogP contribution is -2.27. The molecule has 60 valence electrons. The monoisotopic (exact) mass is 228 g/mol. The lowest BCUT2D eigenvalue weighted by molar-refractivity contribution is -0.136. The van der Waals surface area contributed by atoms with E-state index in [1.165, 1.54) is 0 Å². The molecule has 0 N–H and O–H groups in total. The van der Waals surface area contributed by atoms with Crippen molar-refractivity contribution in [3.05, 3.63) is 0 Å². The highest BCUT2D eigenvalue weighted by atomic mass is 79.9.